The third-order valence-electron chi connectivity index (χ3n) is 3.25. The van der Waals surface area contributed by atoms with E-state index in [0.717, 1.165) is 23.9 Å². The van der Waals surface area contributed by atoms with E-state index in [1.54, 1.807) is 0 Å². The predicted octanol–water partition coefficient (Wildman–Crippen LogP) is 2.40. The van der Waals surface area contributed by atoms with Crippen molar-refractivity contribution in [3.63, 3.8) is 0 Å². The summed E-state index contributed by atoms with van der Waals surface area (Å²) in [6.45, 7) is 3.93. The normalized spacial score (nSPS) is 19.4. The van der Waals surface area contributed by atoms with Gasteiger partial charge in [0.05, 0.1) is 0 Å². The van der Waals surface area contributed by atoms with Crippen molar-refractivity contribution >= 4 is 11.6 Å². The van der Waals surface area contributed by atoms with E-state index in [1.807, 2.05) is 24.3 Å². The fraction of sp³-hybridized carbons (Fsp3) is 0.571. The molecule has 1 aromatic carbocycles. The molecule has 1 atom stereocenters. The highest BCUT2D eigenvalue weighted by molar-refractivity contribution is 6.30. The van der Waals surface area contributed by atoms with Gasteiger partial charge in [0.25, 0.3) is 0 Å². The molecule has 0 bridgehead atoms. The van der Waals surface area contributed by atoms with Crippen LogP contribution < -0.4 is 10.1 Å². The zero-order valence-corrected chi connectivity index (χ0v) is 11.6. The Morgan fingerprint density at radius 2 is 2.17 bits per heavy atom. The molecule has 1 aromatic rings. The van der Waals surface area contributed by atoms with Crippen LogP contribution in [0.15, 0.2) is 24.3 Å². The standard InChI is InChI=1S/C14H21ClN2O/c1-17(11-13-3-2-8-16-13)9-10-18-14-6-4-12(15)5-7-14/h4-7,13,16H,2-3,8-11H2,1H3. The number of nitrogens with zero attached hydrogens (tertiary/aromatic N) is 1. The molecule has 1 N–H and O–H groups in total. The maximum absolute atomic E-state index is 5.82. The van der Waals surface area contributed by atoms with Crippen molar-refractivity contribution in [1.29, 1.82) is 0 Å². The second-order valence-electron chi connectivity index (χ2n) is 4.86. The summed E-state index contributed by atoms with van der Waals surface area (Å²) >= 11 is 5.82. The molecule has 0 aliphatic carbocycles. The van der Waals surface area contributed by atoms with Gasteiger partial charge in [-0.05, 0) is 50.7 Å². The molecule has 100 valence electrons. The summed E-state index contributed by atoms with van der Waals surface area (Å²) < 4.78 is 5.68. The van der Waals surface area contributed by atoms with Gasteiger partial charge in [0.2, 0.25) is 0 Å². The van der Waals surface area contributed by atoms with Crippen LogP contribution in [0.2, 0.25) is 5.02 Å². The number of rotatable bonds is 6. The van der Waals surface area contributed by atoms with Gasteiger partial charge in [-0.15, -0.1) is 0 Å². The molecular weight excluding hydrogens is 248 g/mol. The summed E-state index contributed by atoms with van der Waals surface area (Å²) in [5.74, 6) is 0.881. The minimum Gasteiger partial charge on any atom is -0.492 e. The second-order valence-corrected chi connectivity index (χ2v) is 5.29. The molecule has 1 aliphatic rings. The van der Waals surface area contributed by atoms with Gasteiger partial charge in [-0.3, -0.25) is 0 Å². The first-order chi connectivity index (χ1) is 8.74. The minimum absolute atomic E-state index is 0.658. The van der Waals surface area contributed by atoms with Crippen LogP contribution in [-0.4, -0.2) is 44.2 Å². The van der Waals surface area contributed by atoms with Crippen molar-refractivity contribution in [2.24, 2.45) is 0 Å². The van der Waals surface area contributed by atoms with Crippen molar-refractivity contribution in [3.8, 4) is 5.75 Å². The lowest BCUT2D eigenvalue weighted by Gasteiger charge is -2.21. The zero-order chi connectivity index (χ0) is 12.8. The van der Waals surface area contributed by atoms with Crippen LogP contribution in [0.4, 0.5) is 0 Å². The fourth-order valence-electron chi connectivity index (χ4n) is 2.23. The number of ether oxygens (including phenoxy) is 1. The number of likely N-dealkylation sites (N-methyl/N-ethyl adjacent to an activating group) is 1. The zero-order valence-electron chi connectivity index (χ0n) is 10.9. The average Bonchev–Trinajstić information content (AvgIpc) is 2.84. The van der Waals surface area contributed by atoms with E-state index in [2.05, 4.69) is 17.3 Å². The Labute approximate surface area is 114 Å². The maximum atomic E-state index is 5.82. The Kier molecular flexibility index (Phi) is 5.29. The first-order valence-corrected chi connectivity index (χ1v) is 6.92. The van der Waals surface area contributed by atoms with Crippen LogP contribution in [0.25, 0.3) is 0 Å². The monoisotopic (exact) mass is 268 g/mol. The lowest BCUT2D eigenvalue weighted by atomic mass is 10.2. The minimum atomic E-state index is 0.658. The molecule has 3 nitrogen and oxygen atoms in total. The molecule has 0 radical (unpaired) electrons. The van der Waals surface area contributed by atoms with Gasteiger partial charge in [0.15, 0.2) is 0 Å². The molecule has 0 saturated carbocycles. The van der Waals surface area contributed by atoms with Crippen LogP contribution in [0.3, 0.4) is 0 Å². The first-order valence-electron chi connectivity index (χ1n) is 6.54. The highest BCUT2D eigenvalue weighted by atomic mass is 35.5. The van der Waals surface area contributed by atoms with Crippen LogP contribution in [0.1, 0.15) is 12.8 Å². The predicted molar refractivity (Wildman–Crippen MR) is 75.5 cm³/mol. The summed E-state index contributed by atoms with van der Waals surface area (Å²) in [5, 5.41) is 4.25. The smallest absolute Gasteiger partial charge is 0.119 e. The van der Waals surface area contributed by atoms with Crippen molar-refractivity contribution < 1.29 is 4.74 Å². The van der Waals surface area contributed by atoms with Crippen LogP contribution in [0.5, 0.6) is 5.75 Å². The molecule has 0 aromatic heterocycles. The van der Waals surface area contributed by atoms with E-state index in [-0.39, 0.29) is 0 Å². The SMILES string of the molecule is CN(CCOc1ccc(Cl)cc1)CC1CCCN1. The Balaban J connectivity index is 1.63. The van der Waals surface area contributed by atoms with Crippen molar-refractivity contribution in [2.45, 2.75) is 18.9 Å². The van der Waals surface area contributed by atoms with E-state index in [0.29, 0.717) is 12.6 Å². The van der Waals surface area contributed by atoms with Gasteiger partial charge in [-0.2, -0.15) is 0 Å². The Hall–Kier alpha value is -0.770. The number of hydrogen-bond acceptors (Lipinski definition) is 3. The number of nitrogens with one attached hydrogen (secondary N) is 1. The summed E-state index contributed by atoms with van der Waals surface area (Å²) in [7, 11) is 2.14. The third kappa shape index (κ3) is 4.48. The van der Waals surface area contributed by atoms with Gasteiger partial charge in [0, 0.05) is 24.2 Å². The average molecular weight is 269 g/mol. The third-order valence-corrected chi connectivity index (χ3v) is 3.50. The summed E-state index contributed by atoms with van der Waals surface area (Å²) in [4.78, 5) is 2.32. The van der Waals surface area contributed by atoms with E-state index in [9.17, 15) is 0 Å². The molecular formula is C14H21ClN2O. The lowest BCUT2D eigenvalue weighted by Crippen LogP contribution is -2.37. The van der Waals surface area contributed by atoms with E-state index < -0.39 is 0 Å². The van der Waals surface area contributed by atoms with Crippen molar-refractivity contribution in [2.75, 3.05) is 33.3 Å². The highest BCUT2D eigenvalue weighted by Crippen LogP contribution is 2.15. The van der Waals surface area contributed by atoms with Gasteiger partial charge in [0.1, 0.15) is 12.4 Å². The topological polar surface area (TPSA) is 24.5 Å². The maximum Gasteiger partial charge on any atom is 0.119 e. The Morgan fingerprint density at radius 1 is 1.39 bits per heavy atom. The molecule has 2 rings (SSSR count). The molecule has 1 fully saturated rings. The molecule has 1 saturated heterocycles. The number of benzene rings is 1. The van der Waals surface area contributed by atoms with Crippen molar-refractivity contribution in [3.05, 3.63) is 29.3 Å². The summed E-state index contributed by atoms with van der Waals surface area (Å²) in [6.07, 6.45) is 2.60. The van der Waals surface area contributed by atoms with Crippen LogP contribution in [-0.2, 0) is 0 Å². The molecule has 1 heterocycles. The number of halogens is 1. The molecule has 0 spiro atoms. The van der Waals surface area contributed by atoms with Crippen LogP contribution in [0, 0.1) is 0 Å². The lowest BCUT2D eigenvalue weighted by molar-refractivity contribution is 0.225. The quantitative estimate of drug-likeness (QED) is 0.858. The molecule has 0 amide bonds. The van der Waals surface area contributed by atoms with Gasteiger partial charge in [-0.1, -0.05) is 11.6 Å². The molecule has 4 heteroatoms. The van der Waals surface area contributed by atoms with Gasteiger partial charge in [-0.25, -0.2) is 0 Å². The molecule has 18 heavy (non-hydrogen) atoms. The second kappa shape index (κ2) is 6.98. The first kappa shape index (κ1) is 13.7. The Bertz CT molecular complexity index is 349. The highest BCUT2D eigenvalue weighted by Gasteiger charge is 2.15. The van der Waals surface area contributed by atoms with E-state index in [1.165, 1.54) is 19.4 Å². The van der Waals surface area contributed by atoms with Gasteiger partial charge < -0.3 is 15.0 Å². The Morgan fingerprint density at radius 3 is 2.83 bits per heavy atom. The fourth-order valence-corrected chi connectivity index (χ4v) is 2.36. The van der Waals surface area contributed by atoms with Crippen LogP contribution >= 0.6 is 11.6 Å². The number of hydrogen-bond donors (Lipinski definition) is 1. The van der Waals surface area contributed by atoms with Crippen molar-refractivity contribution in [1.82, 2.24) is 10.2 Å². The molecule has 1 aliphatic heterocycles. The van der Waals surface area contributed by atoms with E-state index >= 15 is 0 Å². The summed E-state index contributed by atoms with van der Waals surface area (Å²) in [6, 6.07) is 8.17. The van der Waals surface area contributed by atoms with E-state index in [4.69, 9.17) is 16.3 Å². The van der Waals surface area contributed by atoms with Gasteiger partial charge >= 0.3 is 0 Å². The summed E-state index contributed by atoms with van der Waals surface area (Å²) in [5.41, 5.74) is 0. The molecule has 1 unspecified atom stereocenters. The largest absolute Gasteiger partial charge is 0.492 e.